The number of rotatable bonds is 5. The molecule has 7 heteroatoms. The minimum atomic E-state index is -0.903. The van der Waals surface area contributed by atoms with E-state index in [-0.39, 0.29) is 11.3 Å². The third-order valence-corrected chi connectivity index (χ3v) is 5.56. The van der Waals surface area contributed by atoms with Crippen LogP contribution in [-0.4, -0.2) is 29.9 Å². The van der Waals surface area contributed by atoms with Crippen molar-refractivity contribution in [3.8, 4) is 11.5 Å². The molecule has 1 aliphatic heterocycles. The van der Waals surface area contributed by atoms with Crippen LogP contribution in [0.2, 0.25) is 0 Å². The van der Waals surface area contributed by atoms with Gasteiger partial charge in [-0.3, -0.25) is 19.3 Å². The Morgan fingerprint density at radius 3 is 2.24 bits per heavy atom. The number of esters is 1. The summed E-state index contributed by atoms with van der Waals surface area (Å²) in [4.78, 5) is 39.1. The Bertz CT molecular complexity index is 1290. The first-order valence-corrected chi connectivity index (χ1v) is 10.6. The molecule has 0 spiro atoms. The fraction of sp³-hybridized carbons (Fsp3) is 0.148. The molecule has 1 heterocycles. The lowest BCUT2D eigenvalue weighted by molar-refractivity contribution is -0.132. The van der Waals surface area contributed by atoms with E-state index in [1.807, 2.05) is 19.1 Å². The molecule has 3 aromatic carbocycles. The zero-order valence-electron chi connectivity index (χ0n) is 18.9. The van der Waals surface area contributed by atoms with Gasteiger partial charge in [0, 0.05) is 24.2 Å². The predicted molar refractivity (Wildman–Crippen MR) is 127 cm³/mol. The molecule has 1 atom stereocenters. The fourth-order valence-electron chi connectivity index (χ4n) is 3.93. The average Bonchev–Trinajstić information content (AvgIpc) is 3.09. The highest BCUT2D eigenvalue weighted by Gasteiger charge is 2.47. The topological polar surface area (TPSA) is 93.1 Å². The number of benzene rings is 3. The molecule has 172 valence electrons. The number of Topliss-reactive ketones (excluding diaryl/α,β-unsaturated/α-hetero) is 1. The maximum absolute atomic E-state index is 13.2. The summed E-state index contributed by atoms with van der Waals surface area (Å²) in [5.74, 6) is -1.45. The molecule has 0 saturated carbocycles. The average molecular weight is 457 g/mol. The summed E-state index contributed by atoms with van der Waals surface area (Å²) in [6.45, 7) is 3.21. The van der Waals surface area contributed by atoms with Crippen LogP contribution < -0.4 is 14.4 Å². The van der Waals surface area contributed by atoms with E-state index < -0.39 is 23.7 Å². The molecule has 1 unspecified atom stereocenters. The molecule has 1 amide bonds. The number of anilines is 1. The SMILES string of the molecule is COc1cccc(N2C(=O)C(=O)/C(=C(/O)c3ccc(C)cc3)C2c2ccc(OC(C)=O)cc2)c1. The highest BCUT2D eigenvalue weighted by molar-refractivity contribution is 6.51. The van der Waals surface area contributed by atoms with Crippen molar-refractivity contribution in [1.29, 1.82) is 0 Å². The molecule has 4 rings (SSSR count). The van der Waals surface area contributed by atoms with Crippen LogP contribution in [0.15, 0.2) is 78.4 Å². The van der Waals surface area contributed by atoms with Crippen LogP contribution in [0.25, 0.3) is 5.76 Å². The maximum Gasteiger partial charge on any atom is 0.308 e. The van der Waals surface area contributed by atoms with Crippen molar-refractivity contribution >= 4 is 29.1 Å². The summed E-state index contributed by atoms with van der Waals surface area (Å²) in [7, 11) is 1.51. The number of aryl methyl sites for hydroxylation is 1. The van der Waals surface area contributed by atoms with Gasteiger partial charge < -0.3 is 14.6 Å². The molecule has 1 saturated heterocycles. The van der Waals surface area contributed by atoms with Crippen LogP contribution in [0.5, 0.6) is 11.5 Å². The van der Waals surface area contributed by atoms with Gasteiger partial charge in [-0.25, -0.2) is 0 Å². The minimum absolute atomic E-state index is 0.0306. The Morgan fingerprint density at radius 1 is 0.941 bits per heavy atom. The van der Waals surface area contributed by atoms with Gasteiger partial charge in [-0.1, -0.05) is 48.0 Å². The van der Waals surface area contributed by atoms with Gasteiger partial charge in [0.15, 0.2) is 0 Å². The molecule has 34 heavy (non-hydrogen) atoms. The number of hydrogen-bond acceptors (Lipinski definition) is 6. The van der Waals surface area contributed by atoms with Crippen molar-refractivity contribution in [2.45, 2.75) is 19.9 Å². The Kier molecular flexibility index (Phi) is 6.19. The van der Waals surface area contributed by atoms with E-state index in [2.05, 4.69) is 0 Å². The zero-order chi connectivity index (χ0) is 24.4. The van der Waals surface area contributed by atoms with Crippen molar-refractivity contribution in [2.75, 3.05) is 12.0 Å². The van der Waals surface area contributed by atoms with Gasteiger partial charge in [0.05, 0.1) is 18.7 Å². The first-order chi connectivity index (χ1) is 16.3. The molecule has 0 radical (unpaired) electrons. The third kappa shape index (κ3) is 4.28. The summed E-state index contributed by atoms with van der Waals surface area (Å²) in [6, 6.07) is 19.4. The van der Waals surface area contributed by atoms with Crippen LogP contribution in [0, 0.1) is 6.92 Å². The molecule has 0 aliphatic carbocycles. The number of aliphatic hydroxyl groups is 1. The van der Waals surface area contributed by atoms with Gasteiger partial charge in [-0.2, -0.15) is 0 Å². The van der Waals surface area contributed by atoms with Gasteiger partial charge >= 0.3 is 5.97 Å². The summed E-state index contributed by atoms with van der Waals surface area (Å²) in [6.07, 6.45) is 0. The van der Waals surface area contributed by atoms with Crippen LogP contribution in [0.4, 0.5) is 5.69 Å². The monoisotopic (exact) mass is 457 g/mol. The number of methoxy groups -OCH3 is 1. The summed E-state index contributed by atoms with van der Waals surface area (Å²) >= 11 is 0. The lowest BCUT2D eigenvalue weighted by atomic mass is 9.95. The van der Waals surface area contributed by atoms with Crippen molar-refractivity contribution in [2.24, 2.45) is 0 Å². The van der Waals surface area contributed by atoms with Crippen LogP contribution >= 0.6 is 0 Å². The smallest absolute Gasteiger partial charge is 0.308 e. The van der Waals surface area contributed by atoms with Crippen LogP contribution in [0.3, 0.4) is 0 Å². The number of ketones is 1. The number of nitrogens with zero attached hydrogens (tertiary/aromatic N) is 1. The van der Waals surface area contributed by atoms with Gasteiger partial charge in [0.2, 0.25) is 0 Å². The molecule has 0 bridgehead atoms. The molecule has 0 aromatic heterocycles. The Balaban J connectivity index is 1.90. The van der Waals surface area contributed by atoms with Gasteiger partial charge in [-0.05, 0) is 36.8 Å². The van der Waals surface area contributed by atoms with Gasteiger partial charge in [0.25, 0.3) is 11.7 Å². The van der Waals surface area contributed by atoms with Crippen LogP contribution in [0.1, 0.15) is 29.7 Å². The summed E-state index contributed by atoms with van der Waals surface area (Å²) < 4.78 is 10.4. The minimum Gasteiger partial charge on any atom is -0.507 e. The Morgan fingerprint density at radius 2 is 1.62 bits per heavy atom. The zero-order valence-corrected chi connectivity index (χ0v) is 18.9. The van der Waals surface area contributed by atoms with E-state index >= 15 is 0 Å². The number of aliphatic hydroxyl groups excluding tert-OH is 1. The summed E-state index contributed by atoms with van der Waals surface area (Å²) in [5, 5.41) is 11.2. The number of hydrogen-bond donors (Lipinski definition) is 1. The number of amides is 1. The number of carbonyl (C=O) groups is 3. The normalized spacial score (nSPS) is 17.0. The second-order valence-corrected chi connectivity index (χ2v) is 7.90. The molecular formula is C27H23NO6. The lowest BCUT2D eigenvalue weighted by Gasteiger charge is -2.26. The molecule has 1 N–H and O–H groups in total. The largest absolute Gasteiger partial charge is 0.507 e. The van der Waals surface area contributed by atoms with E-state index in [9.17, 15) is 19.5 Å². The predicted octanol–water partition coefficient (Wildman–Crippen LogP) is 4.56. The second kappa shape index (κ2) is 9.23. The second-order valence-electron chi connectivity index (χ2n) is 7.90. The molecule has 1 fully saturated rings. The summed E-state index contributed by atoms with van der Waals surface area (Å²) in [5.41, 5.74) is 2.39. The fourth-order valence-corrected chi connectivity index (χ4v) is 3.93. The lowest BCUT2D eigenvalue weighted by Crippen LogP contribution is -2.29. The highest BCUT2D eigenvalue weighted by Crippen LogP contribution is 2.43. The van der Waals surface area contributed by atoms with Gasteiger partial charge in [0.1, 0.15) is 17.3 Å². The number of ether oxygens (including phenoxy) is 2. The van der Waals surface area contributed by atoms with Crippen LogP contribution in [-0.2, 0) is 14.4 Å². The highest BCUT2D eigenvalue weighted by atomic mass is 16.5. The van der Waals surface area contributed by atoms with E-state index in [4.69, 9.17) is 9.47 Å². The first kappa shape index (κ1) is 22.8. The quantitative estimate of drug-likeness (QED) is 0.199. The molecule has 7 nitrogen and oxygen atoms in total. The molecular weight excluding hydrogens is 434 g/mol. The van der Waals surface area contributed by atoms with E-state index in [1.54, 1.807) is 60.7 Å². The van der Waals surface area contributed by atoms with Crippen molar-refractivity contribution < 1.29 is 29.0 Å². The third-order valence-electron chi connectivity index (χ3n) is 5.56. The Hall–Kier alpha value is -4.39. The first-order valence-electron chi connectivity index (χ1n) is 10.6. The van der Waals surface area contributed by atoms with Crippen molar-refractivity contribution in [1.82, 2.24) is 0 Å². The molecule has 1 aliphatic rings. The molecule has 3 aromatic rings. The Labute approximate surface area is 196 Å². The standard InChI is InChI=1S/C27H23NO6/c1-16-7-9-19(10-8-16)25(30)23-24(18-11-13-21(14-12-18)34-17(2)29)28(27(32)26(23)31)20-5-4-6-22(15-20)33-3/h4-15,24,30H,1-3H3/b25-23+. The van der Waals surface area contributed by atoms with E-state index in [0.717, 1.165) is 5.56 Å². The van der Waals surface area contributed by atoms with Gasteiger partial charge in [-0.15, -0.1) is 0 Å². The maximum atomic E-state index is 13.2. The van der Waals surface area contributed by atoms with E-state index in [1.165, 1.54) is 18.9 Å². The number of carbonyl (C=O) groups excluding carboxylic acids is 3. The van der Waals surface area contributed by atoms with E-state index in [0.29, 0.717) is 28.3 Å². The van der Waals surface area contributed by atoms with Crippen molar-refractivity contribution in [3.05, 3.63) is 95.1 Å². The van der Waals surface area contributed by atoms with Crippen molar-refractivity contribution in [3.63, 3.8) is 0 Å².